The molecule has 3 heteroatoms. The first-order valence-electron chi connectivity index (χ1n) is 20.8. The maximum absolute atomic E-state index is 2.40. The molecule has 0 aliphatic heterocycles. The minimum Gasteiger partial charge on any atom is -0.310 e. The van der Waals surface area contributed by atoms with Crippen molar-refractivity contribution in [2.24, 2.45) is 0 Å². The fourth-order valence-electron chi connectivity index (χ4n) is 9.22. The van der Waals surface area contributed by atoms with E-state index in [0.717, 1.165) is 17.1 Å². The fraction of sp³-hybridized carbons (Fsp3) is 0. The van der Waals surface area contributed by atoms with Crippen LogP contribution in [0.15, 0.2) is 231 Å². The topological polar surface area (TPSA) is 8.17 Å². The van der Waals surface area contributed by atoms with Gasteiger partial charge in [-0.3, -0.25) is 0 Å². The summed E-state index contributed by atoms with van der Waals surface area (Å²) in [5.74, 6) is 0. The lowest BCUT2D eigenvalue weighted by atomic mass is 9.97. The summed E-state index contributed by atoms with van der Waals surface area (Å²) >= 11 is 1.89. The van der Waals surface area contributed by atoms with Crippen molar-refractivity contribution < 1.29 is 0 Å². The van der Waals surface area contributed by atoms with E-state index in [2.05, 4.69) is 240 Å². The number of hydrogen-bond acceptors (Lipinski definition) is 2. The van der Waals surface area contributed by atoms with E-state index >= 15 is 0 Å². The maximum Gasteiger partial charge on any atom is 0.0541 e. The zero-order chi connectivity index (χ0) is 40.3. The molecule has 0 aliphatic rings. The Morgan fingerprint density at radius 1 is 0.311 bits per heavy atom. The lowest BCUT2D eigenvalue weighted by Crippen LogP contribution is -2.09. The Morgan fingerprint density at radius 3 is 1.70 bits per heavy atom. The Labute approximate surface area is 358 Å². The maximum atomic E-state index is 2.40. The SMILES string of the molecule is c1ccc(-c2ccc(N(c3cccc(-c4cccc(-c5ccc6c(c5)c5ccccc5n6-c5ccccc5)c4)c3)c3ccc4c(c3)sc3c5ccccc5ccc43)cc2)cc1. The summed E-state index contributed by atoms with van der Waals surface area (Å²) in [6, 6.07) is 84.1. The van der Waals surface area contributed by atoms with Crippen molar-refractivity contribution in [3.8, 4) is 39.1 Å². The van der Waals surface area contributed by atoms with Gasteiger partial charge in [0.05, 0.1) is 11.0 Å². The van der Waals surface area contributed by atoms with Gasteiger partial charge in [-0.2, -0.15) is 0 Å². The van der Waals surface area contributed by atoms with Gasteiger partial charge >= 0.3 is 0 Å². The average Bonchev–Trinajstić information content (AvgIpc) is 3.88. The number of fused-ring (bicyclic) bond motifs is 8. The van der Waals surface area contributed by atoms with Crippen molar-refractivity contribution in [2.45, 2.75) is 0 Å². The second kappa shape index (κ2) is 14.5. The number of aromatic nitrogens is 1. The molecule has 0 spiro atoms. The van der Waals surface area contributed by atoms with E-state index in [9.17, 15) is 0 Å². The van der Waals surface area contributed by atoms with E-state index in [-0.39, 0.29) is 0 Å². The van der Waals surface area contributed by atoms with Gasteiger partial charge in [0.25, 0.3) is 0 Å². The van der Waals surface area contributed by atoms with Crippen molar-refractivity contribution in [3.63, 3.8) is 0 Å². The molecule has 12 aromatic rings. The standard InChI is InChI=1S/C58H38N2S/c1-3-13-39(14-4-1)40-25-29-47(30-26-40)59(49-31-33-52-53-32-27-41-15-7-8-22-50(41)58(53)61-57(52)38-49)48-21-12-18-44(36-48)42-16-11-17-43(35-42)45-28-34-56-54(37-45)51-23-9-10-24-55(51)60(56)46-19-5-2-6-20-46/h1-38H. The molecule has 0 fully saturated rings. The van der Waals surface area contributed by atoms with Crippen LogP contribution in [0.1, 0.15) is 0 Å². The van der Waals surface area contributed by atoms with Gasteiger partial charge in [-0.1, -0.05) is 158 Å². The van der Waals surface area contributed by atoms with Crippen LogP contribution in [0.25, 0.3) is 91.8 Å². The monoisotopic (exact) mass is 794 g/mol. The molecule has 61 heavy (non-hydrogen) atoms. The first-order valence-corrected chi connectivity index (χ1v) is 21.6. The Morgan fingerprint density at radius 2 is 0.885 bits per heavy atom. The number of rotatable bonds is 7. The van der Waals surface area contributed by atoms with Crippen LogP contribution in [0.3, 0.4) is 0 Å². The van der Waals surface area contributed by atoms with E-state index in [1.165, 1.54) is 91.8 Å². The van der Waals surface area contributed by atoms with Gasteiger partial charge in [0.2, 0.25) is 0 Å². The predicted octanol–water partition coefficient (Wildman–Crippen LogP) is 16.8. The molecule has 0 N–H and O–H groups in total. The highest BCUT2D eigenvalue weighted by molar-refractivity contribution is 7.26. The zero-order valence-electron chi connectivity index (χ0n) is 33.2. The van der Waals surface area contributed by atoms with Gasteiger partial charge in [0.15, 0.2) is 0 Å². The van der Waals surface area contributed by atoms with Crippen LogP contribution in [0.5, 0.6) is 0 Å². The molecule has 12 rings (SSSR count). The highest BCUT2D eigenvalue weighted by Crippen LogP contribution is 2.44. The van der Waals surface area contributed by atoms with E-state index in [0.29, 0.717) is 0 Å². The number of thiophene rings is 1. The second-order valence-corrected chi connectivity index (χ2v) is 16.8. The third-order valence-corrected chi connectivity index (χ3v) is 13.4. The van der Waals surface area contributed by atoms with Gasteiger partial charge in [-0.15, -0.1) is 11.3 Å². The van der Waals surface area contributed by atoms with Crippen LogP contribution in [0, 0.1) is 0 Å². The summed E-state index contributed by atoms with van der Waals surface area (Å²) in [6.07, 6.45) is 0. The van der Waals surface area contributed by atoms with Crippen molar-refractivity contribution >= 4 is 81.1 Å². The molecule has 0 aliphatic carbocycles. The molecular formula is C58H38N2S. The van der Waals surface area contributed by atoms with E-state index < -0.39 is 0 Å². The van der Waals surface area contributed by atoms with Gasteiger partial charge in [-0.05, 0) is 117 Å². The zero-order valence-corrected chi connectivity index (χ0v) is 34.1. The third-order valence-electron chi connectivity index (χ3n) is 12.2. The van der Waals surface area contributed by atoms with Gasteiger partial charge < -0.3 is 9.47 Å². The summed E-state index contributed by atoms with van der Waals surface area (Å²) in [5, 5.41) is 7.70. The highest BCUT2D eigenvalue weighted by atomic mass is 32.1. The number of nitrogens with zero attached hydrogens (tertiary/aromatic N) is 2. The summed E-state index contributed by atoms with van der Waals surface area (Å²) < 4.78 is 4.99. The second-order valence-electron chi connectivity index (χ2n) is 15.7. The molecule has 2 nitrogen and oxygen atoms in total. The van der Waals surface area contributed by atoms with Crippen LogP contribution in [-0.4, -0.2) is 4.57 Å². The first-order chi connectivity index (χ1) is 30.2. The average molecular weight is 795 g/mol. The molecule has 2 aromatic heterocycles. The van der Waals surface area contributed by atoms with Crippen LogP contribution >= 0.6 is 11.3 Å². The molecular weight excluding hydrogens is 757 g/mol. The van der Waals surface area contributed by atoms with Gasteiger partial charge in [0.1, 0.15) is 0 Å². The lowest BCUT2D eigenvalue weighted by Gasteiger charge is -2.26. The molecule has 0 amide bonds. The van der Waals surface area contributed by atoms with Gasteiger partial charge in [0, 0.05) is 53.7 Å². The summed E-state index contributed by atoms with van der Waals surface area (Å²) in [4.78, 5) is 2.40. The molecule has 2 heterocycles. The minimum atomic E-state index is 1.11. The van der Waals surface area contributed by atoms with Crippen LogP contribution in [-0.2, 0) is 0 Å². The summed E-state index contributed by atoms with van der Waals surface area (Å²) in [5.41, 5.74) is 14.1. The largest absolute Gasteiger partial charge is 0.310 e. The molecule has 0 bridgehead atoms. The Hall–Kier alpha value is -7.72. The number of benzene rings is 10. The predicted molar refractivity (Wildman–Crippen MR) is 262 cm³/mol. The molecule has 0 saturated carbocycles. The van der Waals surface area contributed by atoms with Crippen molar-refractivity contribution in [3.05, 3.63) is 231 Å². The third kappa shape index (κ3) is 6.09. The number of anilines is 3. The van der Waals surface area contributed by atoms with Crippen molar-refractivity contribution in [1.82, 2.24) is 4.57 Å². The smallest absolute Gasteiger partial charge is 0.0541 e. The molecule has 0 radical (unpaired) electrons. The molecule has 286 valence electrons. The molecule has 0 atom stereocenters. The first kappa shape index (κ1) is 35.2. The van der Waals surface area contributed by atoms with Gasteiger partial charge in [-0.25, -0.2) is 0 Å². The van der Waals surface area contributed by atoms with Crippen LogP contribution in [0.4, 0.5) is 17.1 Å². The van der Waals surface area contributed by atoms with Crippen molar-refractivity contribution in [2.75, 3.05) is 4.90 Å². The minimum absolute atomic E-state index is 1.11. The molecule has 10 aromatic carbocycles. The van der Waals surface area contributed by atoms with Crippen LogP contribution in [0.2, 0.25) is 0 Å². The Kier molecular flexibility index (Phi) is 8.39. The Bertz CT molecular complexity index is 3580. The van der Waals surface area contributed by atoms with E-state index in [4.69, 9.17) is 0 Å². The normalized spacial score (nSPS) is 11.6. The molecule has 0 unspecified atom stereocenters. The summed E-state index contributed by atoms with van der Waals surface area (Å²) in [6.45, 7) is 0. The Balaban J connectivity index is 0.960. The van der Waals surface area contributed by atoms with Crippen molar-refractivity contribution in [1.29, 1.82) is 0 Å². The lowest BCUT2D eigenvalue weighted by molar-refractivity contribution is 1.18. The number of para-hydroxylation sites is 2. The number of hydrogen-bond donors (Lipinski definition) is 0. The quantitative estimate of drug-likeness (QED) is 0.156. The summed E-state index contributed by atoms with van der Waals surface area (Å²) in [7, 11) is 0. The molecule has 0 saturated heterocycles. The van der Waals surface area contributed by atoms with E-state index in [1.54, 1.807) is 0 Å². The highest BCUT2D eigenvalue weighted by Gasteiger charge is 2.18. The van der Waals surface area contributed by atoms with Crippen LogP contribution < -0.4 is 4.90 Å². The fourth-order valence-corrected chi connectivity index (χ4v) is 10.5. The van der Waals surface area contributed by atoms with E-state index in [1.807, 2.05) is 11.3 Å².